The second kappa shape index (κ2) is 5.45. The molecule has 1 aliphatic rings. The van der Waals surface area contributed by atoms with E-state index in [1.165, 1.54) is 36.4 Å². The maximum atomic E-state index is 12.7. The van der Waals surface area contributed by atoms with E-state index in [0.717, 1.165) is 0 Å². The van der Waals surface area contributed by atoms with E-state index < -0.39 is 23.5 Å². The van der Waals surface area contributed by atoms with Crippen molar-refractivity contribution in [2.24, 2.45) is 5.41 Å². The lowest BCUT2D eigenvalue weighted by atomic mass is 9.90. The average Bonchev–Trinajstić information content (AvgIpc) is 2.65. The normalized spacial score (nSPS) is 20.9. The van der Waals surface area contributed by atoms with E-state index in [9.17, 15) is 14.0 Å². The molecule has 5 heteroatoms. The second-order valence-electron chi connectivity index (χ2n) is 5.30. The van der Waals surface area contributed by atoms with Crippen LogP contribution in [0.25, 0.3) is 6.08 Å². The Balaban J connectivity index is 1.99. The maximum absolute atomic E-state index is 12.7. The Kier molecular flexibility index (Phi) is 3.88. The van der Waals surface area contributed by atoms with Gasteiger partial charge in [-0.25, -0.2) is 14.0 Å². The largest absolute Gasteiger partial charge is 0.462 e. The Bertz CT molecular complexity index is 545. The maximum Gasteiger partial charge on any atom is 0.348 e. The van der Waals surface area contributed by atoms with E-state index >= 15 is 0 Å². The summed E-state index contributed by atoms with van der Waals surface area (Å²) in [7, 11) is 0. The summed E-state index contributed by atoms with van der Waals surface area (Å²) in [5.41, 5.74) is 0.132. The van der Waals surface area contributed by atoms with Crippen molar-refractivity contribution in [1.82, 2.24) is 0 Å². The summed E-state index contributed by atoms with van der Waals surface area (Å²) < 4.78 is 22.7. The van der Waals surface area contributed by atoms with Crippen LogP contribution in [-0.4, -0.2) is 24.6 Å². The molecule has 1 aromatic carbocycles. The van der Waals surface area contributed by atoms with Crippen LogP contribution in [0.1, 0.15) is 19.4 Å². The van der Waals surface area contributed by atoms with Crippen LogP contribution in [0.3, 0.4) is 0 Å². The zero-order valence-electron chi connectivity index (χ0n) is 11.3. The minimum Gasteiger partial charge on any atom is -0.462 e. The van der Waals surface area contributed by atoms with Crippen LogP contribution < -0.4 is 0 Å². The molecule has 0 aromatic heterocycles. The van der Waals surface area contributed by atoms with Crippen molar-refractivity contribution >= 4 is 18.0 Å². The van der Waals surface area contributed by atoms with E-state index in [1.54, 1.807) is 13.8 Å². The molecule has 0 aliphatic carbocycles. The molecule has 0 bridgehead atoms. The summed E-state index contributed by atoms with van der Waals surface area (Å²) in [6.07, 6.45) is 1.80. The number of ether oxygens (including phenoxy) is 2. The van der Waals surface area contributed by atoms with Crippen molar-refractivity contribution in [3.8, 4) is 0 Å². The molecule has 1 heterocycles. The highest BCUT2D eigenvalue weighted by Crippen LogP contribution is 2.31. The van der Waals surface area contributed by atoms with E-state index in [4.69, 9.17) is 9.47 Å². The lowest BCUT2D eigenvalue weighted by Crippen LogP contribution is -2.34. The minimum absolute atomic E-state index is 0.228. The van der Waals surface area contributed by atoms with Crippen LogP contribution >= 0.6 is 0 Å². The van der Waals surface area contributed by atoms with Gasteiger partial charge in [0.25, 0.3) is 0 Å². The number of esters is 2. The Morgan fingerprint density at radius 2 is 2.05 bits per heavy atom. The van der Waals surface area contributed by atoms with Crippen molar-refractivity contribution in [2.75, 3.05) is 6.61 Å². The van der Waals surface area contributed by atoms with E-state index in [0.29, 0.717) is 5.56 Å². The first-order valence-electron chi connectivity index (χ1n) is 6.19. The average molecular weight is 278 g/mol. The third-order valence-corrected chi connectivity index (χ3v) is 3.03. The molecule has 0 N–H and O–H groups in total. The molecular weight excluding hydrogens is 263 g/mol. The van der Waals surface area contributed by atoms with Gasteiger partial charge in [-0.05, 0) is 23.8 Å². The Morgan fingerprint density at radius 3 is 2.60 bits per heavy atom. The lowest BCUT2D eigenvalue weighted by molar-refractivity contribution is -0.159. The fraction of sp³-hybridized carbons (Fsp3) is 0.333. The molecule has 4 nitrogen and oxygen atoms in total. The Hall–Kier alpha value is -2.17. The molecular formula is C15H15FO4. The van der Waals surface area contributed by atoms with Crippen LogP contribution in [0.15, 0.2) is 30.3 Å². The fourth-order valence-electron chi connectivity index (χ4n) is 1.83. The molecule has 1 fully saturated rings. The summed E-state index contributed by atoms with van der Waals surface area (Å²) in [5, 5.41) is 0. The summed E-state index contributed by atoms with van der Waals surface area (Å²) in [6.45, 7) is 3.81. The van der Waals surface area contributed by atoms with Crippen molar-refractivity contribution in [3.05, 3.63) is 41.7 Å². The molecule has 0 radical (unpaired) electrons. The van der Waals surface area contributed by atoms with Crippen LogP contribution in [0.2, 0.25) is 0 Å². The molecule has 0 amide bonds. The standard InChI is InChI=1S/C15H15FO4/c1-15(2)9-19-14(18)13(15)20-12(17)8-5-10-3-6-11(16)7-4-10/h3-8,13H,9H2,1-2H3/t13-/m0/s1. The van der Waals surface area contributed by atoms with Gasteiger partial charge in [0.2, 0.25) is 6.10 Å². The van der Waals surface area contributed by atoms with Gasteiger partial charge < -0.3 is 9.47 Å². The van der Waals surface area contributed by atoms with Gasteiger partial charge in [-0.2, -0.15) is 0 Å². The summed E-state index contributed by atoms with van der Waals surface area (Å²) >= 11 is 0. The van der Waals surface area contributed by atoms with E-state index in [-0.39, 0.29) is 12.4 Å². The quantitative estimate of drug-likeness (QED) is 0.629. The molecule has 0 saturated carbocycles. The van der Waals surface area contributed by atoms with Crippen molar-refractivity contribution in [3.63, 3.8) is 0 Å². The van der Waals surface area contributed by atoms with Gasteiger partial charge in [0.1, 0.15) is 12.4 Å². The number of rotatable bonds is 3. The van der Waals surface area contributed by atoms with Crippen LogP contribution in [0.5, 0.6) is 0 Å². The number of hydrogen-bond donors (Lipinski definition) is 0. The third-order valence-electron chi connectivity index (χ3n) is 3.03. The van der Waals surface area contributed by atoms with E-state index in [1.807, 2.05) is 0 Å². The zero-order chi connectivity index (χ0) is 14.8. The topological polar surface area (TPSA) is 52.6 Å². The van der Waals surface area contributed by atoms with Gasteiger partial charge in [-0.3, -0.25) is 0 Å². The summed E-state index contributed by atoms with van der Waals surface area (Å²) in [4.78, 5) is 23.2. The number of benzene rings is 1. The predicted octanol–water partition coefficient (Wildman–Crippen LogP) is 2.33. The van der Waals surface area contributed by atoms with Crippen LogP contribution in [-0.2, 0) is 19.1 Å². The first kappa shape index (κ1) is 14.2. The minimum atomic E-state index is -0.895. The Labute approximate surface area is 116 Å². The van der Waals surface area contributed by atoms with Crippen molar-refractivity contribution in [1.29, 1.82) is 0 Å². The number of hydrogen-bond acceptors (Lipinski definition) is 4. The highest BCUT2D eigenvalue weighted by molar-refractivity contribution is 5.90. The monoisotopic (exact) mass is 278 g/mol. The van der Waals surface area contributed by atoms with Crippen LogP contribution in [0.4, 0.5) is 4.39 Å². The number of cyclic esters (lactones) is 1. The molecule has 1 atom stereocenters. The highest BCUT2D eigenvalue weighted by atomic mass is 19.1. The third kappa shape index (κ3) is 3.23. The summed E-state index contributed by atoms with van der Waals surface area (Å²) in [6, 6.07) is 5.66. The first-order valence-corrected chi connectivity index (χ1v) is 6.19. The second-order valence-corrected chi connectivity index (χ2v) is 5.30. The Morgan fingerprint density at radius 1 is 1.40 bits per heavy atom. The van der Waals surface area contributed by atoms with Crippen molar-refractivity contribution < 1.29 is 23.5 Å². The van der Waals surface area contributed by atoms with Gasteiger partial charge in [-0.1, -0.05) is 26.0 Å². The zero-order valence-corrected chi connectivity index (χ0v) is 11.3. The smallest absolute Gasteiger partial charge is 0.348 e. The SMILES string of the molecule is CC1(C)COC(=O)[C@@H]1OC(=O)C=Cc1ccc(F)cc1. The highest BCUT2D eigenvalue weighted by Gasteiger charge is 2.46. The first-order chi connectivity index (χ1) is 9.38. The molecule has 0 spiro atoms. The fourth-order valence-corrected chi connectivity index (χ4v) is 1.83. The van der Waals surface area contributed by atoms with E-state index in [2.05, 4.69) is 0 Å². The number of carbonyl (C=O) groups excluding carboxylic acids is 2. The van der Waals surface area contributed by atoms with Gasteiger partial charge in [-0.15, -0.1) is 0 Å². The van der Waals surface area contributed by atoms with Gasteiger partial charge in [0.15, 0.2) is 0 Å². The van der Waals surface area contributed by atoms with Crippen molar-refractivity contribution in [2.45, 2.75) is 20.0 Å². The molecule has 1 aromatic rings. The molecule has 2 rings (SSSR count). The molecule has 20 heavy (non-hydrogen) atoms. The summed E-state index contributed by atoms with van der Waals surface area (Å²) in [5.74, 6) is -1.51. The number of carbonyl (C=O) groups is 2. The lowest BCUT2D eigenvalue weighted by Gasteiger charge is -2.20. The molecule has 0 unspecified atom stereocenters. The van der Waals surface area contributed by atoms with Gasteiger partial charge in [0, 0.05) is 11.5 Å². The number of halogens is 1. The van der Waals surface area contributed by atoms with Crippen LogP contribution in [0, 0.1) is 11.2 Å². The predicted molar refractivity (Wildman–Crippen MR) is 70.1 cm³/mol. The molecule has 1 aliphatic heterocycles. The molecule has 106 valence electrons. The van der Waals surface area contributed by atoms with Gasteiger partial charge in [0.05, 0.1) is 0 Å². The van der Waals surface area contributed by atoms with Gasteiger partial charge >= 0.3 is 11.9 Å². The molecule has 1 saturated heterocycles.